The van der Waals surface area contributed by atoms with Gasteiger partial charge < -0.3 is 14.8 Å². The standard InChI is InChI=1S/C26H21Cl2NO2/c27-21-10-9-20(26(28)16-21)18-30-25-8-4-5-19(15-25)17-29-22-11-13-24(14-12-22)31-23-6-2-1-3-7-23/h1-16,29H,17-18H2. The molecule has 0 bridgehead atoms. The van der Waals surface area contributed by atoms with Crippen LogP contribution in [0.2, 0.25) is 10.0 Å². The van der Waals surface area contributed by atoms with Crippen LogP contribution >= 0.6 is 23.2 Å². The molecule has 0 radical (unpaired) electrons. The number of para-hydroxylation sites is 1. The Balaban J connectivity index is 1.31. The van der Waals surface area contributed by atoms with E-state index in [0.29, 0.717) is 23.2 Å². The van der Waals surface area contributed by atoms with Crippen molar-refractivity contribution in [1.29, 1.82) is 0 Å². The highest BCUT2D eigenvalue weighted by atomic mass is 35.5. The van der Waals surface area contributed by atoms with Crippen molar-refractivity contribution in [2.45, 2.75) is 13.2 Å². The number of hydrogen-bond donors (Lipinski definition) is 1. The fourth-order valence-corrected chi connectivity index (χ4v) is 3.48. The van der Waals surface area contributed by atoms with Gasteiger partial charge in [0.15, 0.2) is 0 Å². The van der Waals surface area contributed by atoms with Gasteiger partial charge in [-0.25, -0.2) is 0 Å². The van der Waals surface area contributed by atoms with Crippen LogP contribution in [0, 0.1) is 0 Å². The van der Waals surface area contributed by atoms with Gasteiger partial charge in [-0.2, -0.15) is 0 Å². The third-order valence-corrected chi connectivity index (χ3v) is 5.22. The topological polar surface area (TPSA) is 30.5 Å². The van der Waals surface area contributed by atoms with Gasteiger partial charge in [0, 0.05) is 27.8 Å². The molecule has 4 aromatic rings. The lowest BCUT2D eigenvalue weighted by Gasteiger charge is -2.11. The minimum atomic E-state index is 0.385. The summed E-state index contributed by atoms with van der Waals surface area (Å²) in [4.78, 5) is 0. The van der Waals surface area contributed by atoms with E-state index >= 15 is 0 Å². The van der Waals surface area contributed by atoms with Crippen LogP contribution in [0.4, 0.5) is 5.69 Å². The Morgan fingerprint density at radius 3 is 2.19 bits per heavy atom. The molecule has 0 aliphatic carbocycles. The molecule has 1 N–H and O–H groups in total. The van der Waals surface area contributed by atoms with Crippen molar-refractivity contribution in [1.82, 2.24) is 0 Å². The second kappa shape index (κ2) is 10.3. The molecular weight excluding hydrogens is 429 g/mol. The number of benzene rings is 4. The van der Waals surface area contributed by atoms with Crippen LogP contribution in [0.3, 0.4) is 0 Å². The Morgan fingerprint density at radius 2 is 1.42 bits per heavy atom. The second-order valence-electron chi connectivity index (χ2n) is 6.96. The molecule has 156 valence electrons. The summed E-state index contributed by atoms with van der Waals surface area (Å²) in [5, 5.41) is 4.64. The second-order valence-corrected chi connectivity index (χ2v) is 7.81. The van der Waals surface area contributed by atoms with Gasteiger partial charge >= 0.3 is 0 Å². The van der Waals surface area contributed by atoms with Crippen LogP contribution < -0.4 is 14.8 Å². The lowest BCUT2D eigenvalue weighted by Crippen LogP contribution is -2.01. The first-order chi connectivity index (χ1) is 15.2. The predicted molar refractivity (Wildman–Crippen MR) is 128 cm³/mol. The van der Waals surface area contributed by atoms with Crippen LogP contribution in [0.1, 0.15) is 11.1 Å². The van der Waals surface area contributed by atoms with E-state index < -0.39 is 0 Å². The molecule has 0 aliphatic rings. The maximum atomic E-state index is 6.22. The molecule has 0 heterocycles. The summed E-state index contributed by atoms with van der Waals surface area (Å²) in [6, 6.07) is 31.0. The van der Waals surface area contributed by atoms with Crippen LogP contribution in [0.25, 0.3) is 0 Å². The van der Waals surface area contributed by atoms with E-state index in [9.17, 15) is 0 Å². The Bertz CT molecular complexity index is 1130. The molecular formula is C26H21Cl2NO2. The number of anilines is 1. The first-order valence-corrected chi connectivity index (χ1v) is 10.6. The highest BCUT2D eigenvalue weighted by molar-refractivity contribution is 6.35. The van der Waals surface area contributed by atoms with E-state index in [0.717, 1.165) is 34.1 Å². The first kappa shape index (κ1) is 21.1. The van der Waals surface area contributed by atoms with E-state index in [1.807, 2.05) is 84.9 Å². The van der Waals surface area contributed by atoms with Gasteiger partial charge in [-0.05, 0) is 66.2 Å². The van der Waals surface area contributed by atoms with Gasteiger partial charge in [-0.1, -0.05) is 59.6 Å². The summed E-state index contributed by atoms with van der Waals surface area (Å²) in [6.07, 6.45) is 0. The van der Waals surface area contributed by atoms with Crippen molar-refractivity contribution in [2.24, 2.45) is 0 Å². The van der Waals surface area contributed by atoms with Crippen molar-refractivity contribution in [3.05, 3.63) is 118 Å². The minimum Gasteiger partial charge on any atom is -0.489 e. The third kappa shape index (κ3) is 6.17. The van der Waals surface area contributed by atoms with E-state index in [1.165, 1.54) is 0 Å². The van der Waals surface area contributed by atoms with Gasteiger partial charge in [0.05, 0.1) is 0 Å². The van der Waals surface area contributed by atoms with Crippen molar-refractivity contribution in [3.8, 4) is 17.2 Å². The van der Waals surface area contributed by atoms with Gasteiger partial charge in [-0.3, -0.25) is 0 Å². The maximum Gasteiger partial charge on any atom is 0.127 e. The largest absolute Gasteiger partial charge is 0.489 e. The molecule has 5 heteroatoms. The van der Waals surface area contributed by atoms with Crippen LogP contribution in [-0.2, 0) is 13.2 Å². The predicted octanol–water partition coefficient (Wildman–Crippen LogP) is 7.98. The number of ether oxygens (including phenoxy) is 2. The first-order valence-electron chi connectivity index (χ1n) is 9.88. The summed E-state index contributed by atoms with van der Waals surface area (Å²) in [5.74, 6) is 2.41. The third-order valence-electron chi connectivity index (χ3n) is 4.64. The quantitative estimate of drug-likeness (QED) is 0.295. The average molecular weight is 450 g/mol. The Morgan fingerprint density at radius 1 is 0.677 bits per heavy atom. The summed E-state index contributed by atoms with van der Waals surface area (Å²) in [5.41, 5.74) is 3.02. The average Bonchev–Trinajstić information content (AvgIpc) is 2.79. The van der Waals surface area contributed by atoms with E-state index in [4.69, 9.17) is 32.7 Å². The molecule has 0 spiro atoms. The molecule has 0 fully saturated rings. The van der Waals surface area contributed by atoms with E-state index in [2.05, 4.69) is 11.4 Å². The molecule has 0 aliphatic heterocycles. The van der Waals surface area contributed by atoms with Gasteiger partial charge in [-0.15, -0.1) is 0 Å². The number of halogens is 2. The Labute approximate surface area is 192 Å². The van der Waals surface area contributed by atoms with Gasteiger partial charge in [0.2, 0.25) is 0 Å². The van der Waals surface area contributed by atoms with Crippen LogP contribution in [0.5, 0.6) is 17.2 Å². The van der Waals surface area contributed by atoms with Crippen molar-refractivity contribution >= 4 is 28.9 Å². The molecule has 4 rings (SSSR count). The van der Waals surface area contributed by atoms with E-state index in [1.54, 1.807) is 6.07 Å². The highest BCUT2D eigenvalue weighted by Gasteiger charge is 2.04. The maximum absolute atomic E-state index is 6.22. The van der Waals surface area contributed by atoms with Crippen molar-refractivity contribution < 1.29 is 9.47 Å². The number of nitrogens with one attached hydrogen (secondary N) is 1. The smallest absolute Gasteiger partial charge is 0.127 e. The Hall–Kier alpha value is -3.14. The summed E-state index contributed by atoms with van der Waals surface area (Å²) < 4.78 is 11.7. The zero-order valence-corrected chi connectivity index (χ0v) is 18.2. The summed E-state index contributed by atoms with van der Waals surface area (Å²) in [6.45, 7) is 1.06. The normalized spacial score (nSPS) is 10.5. The minimum absolute atomic E-state index is 0.385. The molecule has 0 unspecified atom stereocenters. The zero-order chi connectivity index (χ0) is 21.5. The van der Waals surface area contributed by atoms with Crippen LogP contribution in [-0.4, -0.2) is 0 Å². The SMILES string of the molecule is Clc1ccc(COc2cccc(CNc3ccc(Oc4ccccc4)cc3)c2)c(Cl)c1. The van der Waals surface area contributed by atoms with Gasteiger partial charge in [0.1, 0.15) is 23.9 Å². The fourth-order valence-electron chi connectivity index (χ4n) is 3.01. The molecule has 0 atom stereocenters. The molecule has 3 nitrogen and oxygen atoms in total. The fraction of sp³-hybridized carbons (Fsp3) is 0.0769. The number of hydrogen-bond acceptors (Lipinski definition) is 3. The van der Waals surface area contributed by atoms with Crippen molar-refractivity contribution in [3.63, 3.8) is 0 Å². The van der Waals surface area contributed by atoms with Gasteiger partial charge in [0.25, 0.3) is 0 Å². The molecule has 0 saturated heterocycles. The summed E-state index contributed by atoms with van der Waals surface area (Å²) in [7, 11) is 0. The summed E-state index contributed by atoms with van der Waals surface area (Å²) >= 11 is 12.2. The monoisotopic (exact) mass is 449 g/mol. The molecule has 4 aromatic carbocycles. The van der Waals surface area contributed by atoms with Crippen molar-refractivity contribution in [2.75, 3.05) is 5.32 Å². The highest BCUT2D eigenvalue weighted by Crippen LogP contribution is 2.25. The lowest BCUT2D eigenvalue weighted by molar-refractivity contribution is 0.306. The number of rotatable bonds is 8. The molecule has 0 amide bonds. The molecule has 31 heavy (non-hydrogen) atoms. The zero-order valence-electron chi connectivity index (χ0n) is 16.7. The lowest BCUT2D eigenvalue weighted by atomic mass is 10.2. The molecule has 0 aromatic heterocycles. The Kier molecular flexibility index (Phi) is 6.98. The molecule has 0 saturated carbocycles. The van der Waals surface area contributed by atoms with Crippen LogP contribution in [0.15, 0.2) is 97.1 Å². The van der Waals surface area contributed by atoms with E-state index in [-0.39, 0.29) is 0 Å².